The van der Waals surface area contributed by atoms with Gasteiger partial charge in [0.1, 0.15) is 5.82 Å². The maximum Gasteiger partial charge on any atom is 0.235 e. The second-order valence-electron chi connectivity index (χ2n) is 6.09. The van der Waals surface area contributed by atoms with Gasteiger partial charge in [0, 0.05) is 17.1 Å². The number of amides is 1. The molecule has 1 aliphatic carbocycles. The summed E-state index contributed by atoms with van der Waals surface area (Å²) in [4.78, 5) is 12.3. The molecule has 1 saturated carbocycles. The van der Waals surface area contributed by atoms with Crippen LogP contribution in [0.5, 0.6) is 0 Å². The SMILES string of the molecule is O=C(CSc1nnc(NC2CC2)s1)Nc1ccnn1Cc1ccccc1Cl. The first kappa shape index (κ1) is 18.3. The number of carbonyl (C=O) groups is 1. The van der Waals surface area contributed by atoms with E-state index in [1.54, 1.807) is 16.9 Å². The highest BCUT2D eigenvalue weighted by molar-refractivity contribution is 8.01. The Kier molecular flexibility index (Phi) is 5.61. The molecule has 2 N–H and O–H groups in total. The number of aromatic nitrogens is 4. The molecule has 0 spiro atoms. The third kappa shape index (κ3) is 5.00. The molecule has 0 saturated heterocycles. The second kappa shape index (κ2) is 8.28. The van der Waals surface area contributed by atoms with E-state index < -0.39 is 0 Å². The van der Waals surface area contributed by atoms with Crippen molar-refractivity contribution < 1.29 is 4.79 Å². The third-order valence-corrected chi connectivity index (χ3v) is 6.26. The summed E-state index contributed by atoms with van der Waals surface area (Å²) in [6.07, 6.45) is 4.03. The molecule has 2 aromatic heterocycles. The Balaban J connectivity index is 1.31. The Morgan fingerprint density at radius 1 is 1.30 bits per heavy atom. The average molecular weight is 421 g/mol. The average Bonchev–Trinajstić information content (AvgIpc) is 3.18. The smallest absolute Gasteiger partial charge is 0.235 e. The van der Waals surface area contributed by atoms with Gasteiger partial charge in [-0.25, -0.2) is 4.68 Å². The third-order valence-electron chi connectivity index (χ3n) is 3.90. The van der Waals surface area contributed by atoms with Gasteiger partial charge in [-0.3, -0.25) is 4.79 Å². The van der Waals surface area contributed by atoms with Gasteiger partial charge in [-0.1, -0.05) is 52.9 Å². The minimum Gasteiger partial charge on any atom is -0.357 e. The molecule has 4 rings (SSSR count). The molecule has 27 heavy (non-hydrogen) atoms. The van der Waals surface area contributed by atoms with Crippen molar-refractivity contribution >= 4 is 51.6 Å². The summed E-state index contributed by atoms with van der Waals surface area (Å²) in [7, 11) is 0. The van der Waals surface area contributed by atoms with Crippen molar-refractivity contribution in [1.82, 2.24) is 20.0 Å². The van der Waals surface area contributed by atoms with Crippen molar-refractivity contribution in [3.63, 3.8) is 0 Å². The number of anilines is 2. The first-order valence-corrected chi connectivity index (χ1v) is 10.6. The van der Waals surface area contributed by atoms with Gasteiger partial charge in [0.25, 0.3) is 0 Å². The normalized spacial score (nSPS) is 13.5. The summed E-state index contributed by atoms with van der Waals surface area (Å²) in [6, 6.07) is 9.89. The molecule has 1 aliphatic rings. The lowest BCUT2D eigenvalue weighted by Gasteiger charge is -2.09. The van der Waals surface area contributed by atoms with E-state index in [1.807, 2.05) is 24.3 Å². The highest BCUT2D eigenvalue weighted by atomic mass is 35.5. The molecule has 1 aromatic carbocycles. The molecule has 140 valence electrons. The predicted molar refractivity (Wildman–Crippen MR) is 109 cm³/mol. The number of hydrogen-bond donors (Lipinski definition) is 2. The molecular weight excluding hydrogens is 404 g/mol. The van der Waals surface area contributed by atoms with Gasteiger partial charge >= 0.3 is 0 Å². The minimum absolute atomic E-state index is 0.118. The number of hydrogen-bond acceptors (Lipinski definition) is 7. The molecule has 0 unspecified atom stereocenters. The van der Waals surface area contributed by atoms with Gasteiger partial charge in [-0.05, 0) is 24.5 Å². The number of nitrogens with one attached hydrogen (secondary N) is 2. The fraction of sp³-hybridized carbons (Fsp3) is 0.294. The van der Waals surface area contributed by atoms with Gasteiger partial charge in [0.2, 0.25) is 11.0 Å². The van der Waals surface area contributed by atoms with E-state index in [4.69, 9.17) is 11.6 Å². The van der Waals surface area contributed by atoms with Crippen molar-refractivity contribution in [1.29, 1.82) is 0 Å². The molecule has 10 heteroatoms. The van der Waals surface area contributed by atoms with Crippen LogP contribution in [0.2, 0.25) is 5.02 Å². The Morgan fingerprint density at radius 2 is 2.15 bits per heavy atom. The first-order chi connectivity index (χ1) is 13.2. The lowest BCUT2D eigenvalue weighted by molar-refractivity contribution is -0.113. The van der Waals surface area contributed by atoms with E-state index >= 15 is 0 Å². The van der Waals surface area contributed by atoms with Crippen molar-refractivity contribution in [3.05, 3.63) is 47.1 Å². The zero-order valence-electron chi connectivity index (χ0n) is 14.3. The second-order valence-corrected chi connectivity index (χ2v) is 8.70. The van der Waals surface area contributed by atoms with Crippen LogP contribution in [0.1, 0.15) is 18.4 Å². The van der Waals surface area contributed by atoms with E-state index in [2.05, 4.69) is 25.9 Å². The number of nitrogens with zero attached hydrogens (tertiary/aromatic N) is 4. The summed E-state index contributed by atoms with van der Waals surface area (Å²) in [5.41, 5.74) is 0.942. The van der Waals surface area contributed by atoms with E-state index in [0.29, 0.717) is 23.4 Å². The molecule has 1 fully saturated rings. The highest BCUT2D eigenvalue weighted by Crippen LogP contribution is 2.30. The monoisotopic (exact) mass is 420 g/mol. The van der Waals surface area contributed by atoms with E-state index in [-0.39, 0.29) is 11.7 Å². The first-order valence-electron chi connectivity index (χ1n) is 8.45. The Hall–Kier alpha value is -2.10. The summed E-state index contributed by atoms with van der Waals surface area (Å²) >= 11 is 9.05. The molecule has 2 heterocycles. The molecule has 7 nitrogen and oxygen atoms in total. The van der Waals surface area contributed by atoms with Crippen LogP contribution in [0, 0.1) is 0 Å². The minimum atomic E-state index is -0.118. The standard InChI is InChI=1S/C17H17ClN6OS2/c18-13-4-2-1-3-11(13)9-24-14(7-8-19-24)21-15(25)10-26-17-23-22-16(27-17)20-12-5-6-12/h1-4,7-8,12H,5-6,9-10H2,(H,20,22)(H,21,25). The van der Waals surface area contributed by atoms with E-state index in [0.717, 1.165) is 15.0 Å². The lowest BCUT2D eigenvalue weighted by Crippen LogP contribution is -2.17. The molecule has 0 bridgehead atoms. The number of benzene rings is 1. The van der Waals surface area contributed by atoms with Gasteiger partial charge in [-0.2, -0.15) is 5.10 Å². The van der Waals surface area contributed by atoms with Crippen LogP contribution in [0.4, 0.5) is 10.9 Å². The zero-order valence-corrected chi connectivity index (χ0v) is 16.7. The van der Waals surface area contributed by atoms with Crippen LogP contribution in [0.25, 0.3) is 0 Å². The van der Waals surface area contributed by atoms with Crippen LogP contribution >= 0.6 is 34.7 Å². The molecule has 0 radical (unpaired) electrons. The van der Waals surface area contributed by atoms with Crippen LogP contribution in [-0.4, -0.2) is 37.7 Å². The van der Waals surface area contributed by atoms with Crippen molar-refractivity contribution in [3.8, 4) is 0 Å². The van der Waals surface area contributed by atoms with Crippen molar-refractivity contribution in [2.45, 2.75) is 29.8 Å². The Bertz CT molecular complexity index is 939. The van der Waals surface area contributed by atoms with Crippen molar-refractivity contribution in [2.75, 3.05) is 16.4 Å². The van der Waals surface area contributed by atoms with Gasteiger partial charge in [0.05, 0.1) is 18.5 Å². The summed E-state index contributed by atoms with van der Waals surface area (Å²) in [6.45, 7) is 0.488. The van der Waals surface area contributed by atoms with Crippen LogP contribution in [-0.2, 0) is 11.3 Å². The van der Waals surface area contributed by atoms with E-state index in [1.165, 1.54) is 35.9 Å². The van der Waals surface area contributed by atoms with Crippen LogP contribution < -0.4 is 10.6 Å². The molecule has 0 atom stereocenters. The number of carbonyl (C=O) groups excluding carboxylic acids is 1. The zero-order chi connectivity index (χ0) is 18.6. The van der Waals surface area contributed by atoms with Crippen LogP contribution in [0.15, 0.2) is 40.9 Å². The largest absolute Gasteiger partial charge is 0.357 e. The maximum atomic E-state index is 12.3. The number of thioether (sulfide) groups is 1. The van der Waals surface area contributed by atoms with Crippen molar-refractivity contribution in [2.24, 2.45) is 0 Å². The quantitative estimate of drug-likeness (QED) is 0.540. The Labute approximate surface area is 169 Å². The molecule has 3 aromatic rings. The fourth-order valence-corrected chi connectivity index (χ4v) is 4.21. The van der Waals surface area contributed by atoms with Gasteiger partial charge < -0.3 is 10.6 Å². The molecule has 0 aliphatic heterocycles. The predicted octanol–water partition coefficient (Wildman–Crippen LogP) is 3.74. The summed E-state index contributed by atoms with van der Waals surface area (Å²) in [5.74, 6) is 0.775. The van der Waals surface area contributed by atoms with Gasteiger partial charge in [-0.15, -0.1) is 10.2 Å². The Morgan fingerprint density at radius 3 is 2.96 bits per heavy atom. The fourth-order valence-electron chi connectivity index (χ4n) is 2.39. The number of rotatable bonds is 8. The summed E-state index contributed by atoms with van der Waals surface area (Å²) in [5, 5.41) is 20.2. The maximum absolute atomic E-state index is 12.3. The lowest BCUT2D eigenvalue weighted by atomic mass is 10.2. The summed E-state index contributed by atoms with van der Waals surface area (Å²) < 4.78 is 2.49. The number of halogens is 1. The van der Waals surface area contributed by atoms with Crippen LogP contribution in [0.3, 0.4) is 0 Å². The highest BCUT2D eigenvalue weighted by Gasteiger charge is 2.22. The van der Waals surface area contributed by atoms with E-state index in [9.17, 15) is 4.79 Å². The molecular formula is C17H17ClN6OS2. The topological polar surface area (TPSA) is 84.7 Å². The van der Waals surface area contributed by atoms with Gasteiger partial charge in [0.15, 0.2) is 4.34 Å². The molecule has 1 amide bonds.